The third-order valence-electron chi connectivity index (χ3n) is 2.34. The first-order chi connectivity index (χ1) is 7.68. The average Bonchev–Trinajstić information content (AvgIpc) is 2.58. The zero-order chi connectivity index (χ0) is 13.1. The summed E-state index contributed by atoms with van der Waals surface area (Å²) in [5, 5.41) is 4.13. The fourth-order valence-electron chi connectivity index (χ4n) is 1.34. The Hall–Kier alpha value is -0.440. The lowest BCUT2D eigenvalue weighted by Gasteiger charge is -2.16. The van der Waals surface area contributed by atoms with E-state index in [0.717, 1.165) is 23.6 Å². The molecule has 0 aliphatic carbocycles. The normalized spacial score (nSPS) is 13.1. The van der Waals surface area contributed by atoms with Gasteiger partial charge in [-0.1, -0.05) is 46.7 Å². The molecule has 1 heterocycles. The van der Waals surface area contributed by atoms with Gasteiger partial charge in [0.25, 0.3) is 0 Å². The Labute approximate surface area is 110 Å². The van der Waals surface area contributed by atoms with Crippen LogP contribution in [-0.4, -0.2) is 16.7 Å². The minimum Gasteiger partial charge on any atom is -0.361 e. The lowest BCUT2D eigenvalue weighted by molar-refractivity contribution is 0.326. The number of rotatable bonds is 4. The lowest BCUT2D eigenvalue weighted by atomic mass is 9.93. The highest BCUT2D eigenvalue weighted by Crippen LogP contribution is 2.24. The highest BCUT2D eigenvalue weighted by Gasteiger charge is 2.19. The van der Waals surface area contributed by atoms with E-state index in [0.29, 0.717) is 5.41 Å². The topological polar surface area (TPSA) is 26.0 Å². The number of hydrogen-bond donors (Lipinski definition) is 0. The van der Waals surface area contributed by atoms with E-state index in [4.69, 9.17) is 4.52 Å². The molecular formula is C14H25NOS. The van der Waals surface area contributed by atoms with Crippen LogP contribution in [0, 0.1) is 5.41 Å². The summed E-state index contributed by atoms with van der Waals surface area (Å²) in [4.78, 5) is 0. The van der Waals surface area contributed by atoms with Gasteiger partial charge in [-0.25, -0.2) is 0 Å². The summed E-state index contributed by atoms with van der Waals surface area (Å²) >= 11 is 1.99. The molecule has 2 nitrogen and oxygen atoms in total. The molecule has 0 aliphatic heterocycles. The third kappa shape index (κ3) is 5.62. The number of hydrogen-bond acceptors (Lipinski definition) is 3. The molecule has 3 heteroatoms. The van der Waals surface area contributed by atoms with Gasteiger partial charge >= 0.3 is 0 Å². The highest BCUT2D eigenvalue weighted by molar-refractivity contribution is 7.99. The molecule has 0 N–H and O–H groups in total. The zero-order valence-corrected chi connectivity index (χ0v) is 12.8. The van der Waals surface area contributed by atoms with Crippen LogP contribution in [0.2, 0.25) is 0 Å². The van der Waals surface area contributed by atoms with Crippen LogP contribution in [0.1, 0.15) is 53.0 Å². The van der Waals surface area contributed by atoms with Crippen LogP contribution in [0.25, 0.3) is 0 Å². The van der Waals surface area contributed by atoms with Gasteiger partial charge < -0.3 is 4.52 Å². The average molecular weight is 255 g/mol. The Morgan fingerprint density at radius 1 is 1.18 bits per heavy atom. The monoisotopic (exact) mass is 255 g/mol. The van der Waals surface area contributed by atoms with E-state index >= 15 is 0 Å². The van der Waals surface area contributed by atoms with Gasteiger partial charge in [0, 0.05) is 17.9 Å². The van der Waals surface area contributed by atoms with E-state index in [9.17, 15) is 0 Å². The highest BCUT2D eigenvalue weighted by atomic mass is 32.2. The second-order valence-electron chi connectivity index (χ2n) is 6.80. The van der Waals surface area contributed by atoms with Crippen LogP contribution < -0.4 is 0 Å². The molecule has 0 aromatic carbocycles. The Bertz CT molecular complexity index is 344. The molecule has 1 rings (SSSR count). The number of aromatic nitrogens is 1. The maximum Gasteiger partial charge on any atom is 0.142 e. The van der Waals surface area contributed by atoms with E-state index < -0.39 is 0 Å². The molecule has 0 spiro atoms. The molecule has 98 valence electrons. The summed E-state index contributed by atoms with van der Waals surface area (Å²) in [6, 6.07) is 2.09. The zero-order valence-electron chi connectivity index (χ0n) is 12.0. The number of aryl methyl sites for hydroxylation is 1. The van der Waals surface area contributed by atoms with Crippen molar-refractivity contribution in [3.63, 3.8) is 0 Å². The summed E-state index contributed by atoms with van der Waals surface area (Å²) in [6.45, 7) is 13.2. The second-order valence-corrected chi connectivity index (χ2v) is 7.90. The van der Waals surface area contributed by atoms with Gasteiger partial charge in [0.2, 0.25) is 0 Å². The first-order valence-electron chi connectivity index (χ1n) is 6.22. The van der Waals surface area contributed by atoms with Crippen molar-refractivity contribution < 1.29 is 4.52 Å². The predicted octanol–water partition coefficient (Wildman–Crippen LogP) is 4.29. The Morgan fingerprint density at radius 2 is 1.82 bits per heavy atom. The molecule has 0 saturated heterocycles. The van der Waals surface area contributed by atoms with Crippen molar-refractivity contribution >= 4 is 11.8 Å². The van der Waals surface area contributed by atoms with E-state index in [1.54, 1.807) is 0 Å². The maximum atomic E-state index is 5.37. The van der Waals surface area contributed by atoms with Gasteiger partial charge in [-0.15, -0.1) is 0 Å². The van der Waals surface area contributed by atoms with Crippen molar-refractivity contribution in [2.45, 2.75) is 53.4 Å². The standard InChI is InChI=1S/C14H25NOS/c1-13(2,3)10-17-8-7-11-9-12(16-15-11)14(4,5)6/h9H,7-8,10H2,1-6H3. The molecule has 0 amide bonds. The number of thioether (sulfide) groups is 1. The molecule has 0 atom stereocenters. The predicted molar refractivity (Wildman–Crippen MR) is 75.7 cm³/mol. The molecule has 1 aromatic heterocycles. The van der Waals surface area contributed by atoms with Crippen LogP contribution in [0.15, 0.2) is 10.6 Å². The lowest BCUT2D eigenvalue weighted by Crippen LogP contribution is -2.09. The van der Waals surface area contributed by atoms with E-state index in [1.807, 2.05) is 11.8 Å². The molecular weight excluding hydrogens is 230 g/mol. The Kier molecular flexibility index (Phi) is 4.70. The SMILES string of the molecule is CC(C)(C)CSCCc1cc(C(C)(C)C)on1. The van der Waals surface area contributed by atoms with Gasteiger partial charge in [-0.2, -0.15) is 11.8 Å². The van der Waals surface area contributed by atoms with Crippen molar-refractivity contribution in [3.05, 3.63) is 17.5 Å². The third-order valence-corrected chi connectivity index (χ3v) is 3.90. The Balaban J connectivity index is 2.36. The molecule has 0 bridgehead atoms. The maximum absolute atomic E-state index is 5.37. The second kappa shape index (κ2) is 5.47. The first-order valence-corrected chi connectivity index (χ1v) is 7.38. The van der Waals surface area contributed by atoms with Crippen LogP contribution in [0.5, 0.6) is 0 Å². The van der Waals surface area contributed by atoms with Gasteiger partial charge in [-0.05, 0) is 16.9 Å². The van der Waals surface area contributed by atoms with Gasteiger partial charge in [0.15, 0.2) is 0 Å². The van der Waals surface area contributed by atoms with E-state index in [-0.39, 0.29) is 5.41 Å². The molecule has 1 aromatic rings. The van der Waals surface area contributed by atoms with Gasteiger partial charge in [0.1, 0.15) is 5.76 Å². The van der Waals surface area contributed by atoms with Crippen molar-refractivity contribution in [2.24, 2.45) is 5.41 Å². The van der Waals surface area contributed by atoms with E-state index in [2.05, 4.69) is 52.8 Å². The van der Waals surface area contributed by atoms with Crippen LogP contribution >= 0.6 is 11.8 Å². The molecule has 0 radical (unpaired) electrons. The Morgan fingerprint density at radius 3 is 2.29 bits per heavy atom. The molecule has 0 fully saturated rings. The van der Waals surface area contributed by atoms with Crippen LogP contribution in [0.4, 0.5) is 0 Å². The van der Waals surface area contributed by atoms with Crippen molar-refractivity contribution in [1.29, 1.82) is 0 Å². The van der Waals surface area contributed by atoms with Crippen molar-refractivity contribution in [2.75, 3.05) is 11.5 Å². The molecule has 17 heavy (non-hydrogen) atoms. The van der Waals surface area contributed by atoms with Crippen LogP contribution in [-0.2, 0) is 11.8 Å². The van der Waals surface area contributed by atoms with E-state index in [1.165, 1.54) is 5.75 Å². The summed E-state index contributed by atoms with van der Waals surface area (Å²) in [5.41, 5.74) is 1.55. The van der Waals surface area contributed by atoms with Crippen molar-refractivity contribution in [1.82, 2.24) is 5.16 Å². The van der Waals surface area contributed by atoms with Gasteiger partial charge in [-0.3, -0.25) is 0 Å². The molecule has 0 aliphatic rings. The molecule has 0 saturated carbocycles. The van der Waals surface area contributed by atoms with Crippen LogP contribution in [0.3, 0.4) is 0 Å². The first kappa shape index (κ1) is 14.6. The quantitative estimate of drug-likeness (QED) is 0.750. The molecule has 0 unspecified atom stereocenters. The number of nitrogens with zero attached hydrogens (tertiary/aromatic N) is 1. The summed E-state index contributed by atoms with van der Waals surface area (Å²) < 4.78 is 5.37. The summed E-state index contributed by atoms with van der Waals surface area (Å²) in [5.74, 6) is 3.29. The summed E-state index contributed by atoms with van der Waals surface area (Å²) in [7, 11) is 0. The fraction of sp³-hybridized carbons (Fsp3) is 0.786. The smallest absolute Gasteiger partial charge is 0.142 e. The largest absolute Gasteiger partial charge is 0.361 e. The minimum absolute atomic E-state index is 0.0593. The minimum atomic E-state index is 0.0593. The fourth-order valence-corrected chi connectivity index (χ4v) is 2.45. The summed E-state index contributed by atoms with van der Waals surface area (Å²) in [6.07, 6.45) is 1.00. The van der Waals surface area contributed by atoms with Gasteiger partial charge in [0.05, 0.1) is 5.69 Å². The van der Waals surface area contributed by atoms with Crippen molar-refractivity contribution in [3.8, 4) is 0 Å².